The van der Waals surface area contributed by atoms with E-state index in [1.54, 1.807) is 0 Å². The van der Waals surface area contributed by atoms with Crippen LogP contribution >= 0.6 is 0 Å². The van der Waals surface area contributed by atoms with E-state index in [2.05, 4.69) is 68.5 Å². The van der Waals surface area contributed by atoms with Crippen LogP contribution in [0.5, 0.6) is 11.6 Å². The van der Waals surface area contributed by atoms with Crippen molar-refractivity contribution in [2.45, 2.75) is 12.7 Å². The Morgan fingerprint density at radius 1 is 1.00 bits per heavy atom. The number of hydrogen-bond acceptors (Lipinski definition) is 3. The summed E-state index contributed by atoms with van der Waals surface area (Å²) in [7, 11) is 0. The summed E-state index contributed by atoms with van der Waals surface area (Å²) in [6, 6.07) is 23.1. The summed E-state index contributed by atoms with van der Waals surface area (Å²) in [5.41, 5.74) is 10.2. The van der Waals surface area contributed by atoms with Crippen LogP contribution in [0.2, 0.25) is 0 Å². The third-order valence-corrected chi connectivity index (χ3v) is 11.5. The third kappa shape index (κ3) is 1.57. The number of hydrogen-bond donors (Lipinski definition) is 0. The summed E-state index contributed by atoms with van der Waals surface area (Å²) < 4.78 is 29.6. The van der Waals surface area contributed by atoms with Crippen LogP contribution in [0.1, 0.15) is 11.3 Å². The molecule has 10 rings (SSSR count). The first kappa shape index (κ1) is 17.6. The molecule has 8 heteroatoms. The van der Waals surface area contributed by atoms with Crippen molar-refractivity contribution in [3.05, 3.63) is 84.2 Å². The molecule has 5 aliphatic rings. The molecule has 0 radical (unpaired) electrons. The molecule has 8 heterocycles. The Balaban J connectivity index is 1.52. The number of aromatic nitrogens is 4. The van der Waals surface area contributed by atoms with Crippen molar-refractivity contribution >= 4 is 46.0 Å². The second-order valence-corrected chi connectivity index (χ2v) is 12.8. The molecule has 3 aromatic heterocycles. The first-order chi connectivity index (χ1) is 17.2. The van der Waals surface area contributed by atoms with Crippen molar-refractivity contribution in [2.75, 3.05) is 0 Å². The predicted molar refractivity (Wildman–Crippen MR) is 129 cm³/mol. The van der Waals surface area contributed by atoms with Gasteiger partial charge in [-0.2, -0.15) is 0 Å². The van der Waals surface area contributed by atoms with E-state index < -0.39 is 19.6 Å². The number of aryl methyl sites for hydroxylation is 1. The molecule has 35 heavy (non-hydrogen) atoms. The van der Waals surface area contributed by atoms with Crippen molar-refractivity contribution in [1.82, 2.24) is 9.78 Å². The standard InChI is InChI=1S/C27H15BN4O2Se/c1-14-13-18-17-7-3-9-22-31(17)27(32(18)29-14)23-19(34-22)10-11-21-25(23)28-24-15(5-2-8-20(24)35(21)33)16-6-4-12-30(27)26(16)28/h2-13H,1H3/q+2. The molecule has 2 unspecified atom stereocenters. The number of pyridine rings is 2. The maximum atomic E-state index is 14.1. The second kappa shape index (κ2) is 5.20. The van der Waals surface area contributed by atoms with Crippen molar-refractivity contribution in [3.8, 4) is 34.1 Å². The molecule has 2 atom stereocenters. The molecule has 0 amide bonds. The molecule has 6 nitrogen and oxygen atoms in total. The van der Waals surface area contributed by atoms with E-state index in [-0.39, 0.29) is 6.71 Å². The average molecular weight is 517 g/mol. The summed E-state index contributed by atoms with van der Waals surface area (Å²) in [6.07, 6.45) is 2.19. The Morgan fingerprint density at radius 2 is 1.86 bits per heavy atom. The molecular formula is C27H15BN4O2Se+2. The average Bonchev–Trinajstić information content (AvgIpc) is 3.51. The number of rotatable bonds is 0. The van der Waals surface area contributed by atoms with Crippen LogP contribution in [0.4, 0.5) is 0 Å². The zero-order chi connectivity index (χ0) is 22.8. The third-order valence-electron chi connectivity index (χ3n) is 8.35. The van der Waals surface area contributed by atoms with E-state index in [4.69, 9.17) is 9.84 Å². The van der Waals surface area contributed by atoms with E-state index in [9.17, 15) is 3.83 Å². The first-order valence-corrected chi connectivity index (χ1v) is 14.2. The van der Waals surface area contributed by atoms with Crippen LogP contribution in [-0.2, 0) is 9.62 Å². The Morgan fingerprint density at radius 3 is 2.80 bits per heavy atom. The van der Waals surface area contributed by atoms with Gasteiger partial charge in [0, 0.05) is 0 Å². The van der Waals surface area contributed by atoms with Gasteiger partial charge in [0.15, 0.2) is 0 Å². The molecule has 5 aliphatic heterocycles. The number of benzene rings is 2. The minimum absolute atomic E-state index is 0.0422. The van der Waals surface area contributed by atoms with E-state index >= 15 is 0 Å². The Hall–Kier alpha value is -3.87. The molecule has 0 fully saturated rings. The zero-order valence-electron chi connectivity index (χ0n) is 18.5. The minimum atomic E-state index is -2.46. The molecule has 162 valence electrons. The van der Waals surface area contributed by atoms with Gasteiger partial charge in [0.1, 0.15) is 0 Å². The summed E-state index contributed by atoms with van der Waals surface area (Å²) in [4.78, 5) is 0. The van der Waals surface area contributed by atoms with Gasteiger partial charge in [0.25, 0.3) is 0 Å². The molecule has 1 spiro atoms. The van der Waals surface area contributed by atoms with Gasteiger partial charge in [-0.15, -0.1) is 0 Å². The van der Waals surface area contributed by atoms with Gasteiger partial charge in [0.05, 0.1) is 0 Å². The summed E-state index contributed by atoms with van der Waals surface area (Å²) >= 11 is -2.46. The molecule has 0 aliphatic carbocycles. The molecule has 2 aromatic carbocycles. The fourth-order valence-electron chi connectivity index (χ4n) is 7.31. The van der Waals surface area contributed by atoms with E-state index in [0.29, 0.717) is 0 Å². The fourth-order valence-corrected chi connectivity index (χ4v) is 10.4. The van der Waals surface area contributed by atoms with Crippen LogP contribution < -0.4 is 39.3 Å². The quantitative estimate of drug-likeness (QED) is 0.197. The van der Waals surface area contributed by atoms with Gasteiger partial charge in [-0.3, -0.25) is 0 Å². The Kier molecular flexibility index (Phi) is 2.61. The van der Waals surface area contributed by atoms with Gasteiger partial charge in [-0.1, -0.05) is 0 Å². The van der Waals surface area contributed by atoms with Gasteiger partial charge >= 0.3 is 205 Å². The van der Waals surface area contributed by atoms with Crippen molar-refractivity contribution in [3.63, 3.8) is 0 Å². The van der Waals surface area contributed by atoms with Crippen LogP contribution in [0.3, 0.4) is 0 Å². The Labute approximate surface area is 204 Å². The first-order valence-electron chi connectivity index (χ1n) is 11.8. The molecule has 0 N–H and O–H groups in total. The van der Waals surface area contributed by atoms with Gasteiger partial charge < -0.3 is 0 Å². The van der Waals surface area contributed by atoms with E-state index in [1.165, 1.54) is 22.2 Å². The number of fused-ring (bicyclic) bond motifs is 3. The summed E-state index contributed by atoms with van der Waals surface area (Å²) in [5.74, 6) is 0.808. The van der Waals surface area contributed by atoms with E-state index in [0.717, 1.165) is 48.7 Å². The maximum absolute atomic E-state index is 14.1. The number of ether oxygens (including phenoxy) is 1. The summed E-state index contributed by atoms with van der Waals surface area (Å²) in [5, 5.41) is 5.09. The van der Waals surface area contributed by atoms with E-state index in [1.807, 2.05) is 25.1 Å². The van der Waals surface area contributed by atoms with Crippen molar-refractivity contribution < 1.29 is 17.7 Å². The van der Waals surface area contributed by atoms with Crippen LogP contribution in [0.25, 0.3) is 22.5 Å². The van der Waals surface area contributed by atoms with Crippen LogP contribution in [0.15, 0.2) is 72.9 Å². The molecule has 5 aromatic rings. The second-order valence-electron chi connectivity index (χ2n) is 9.85. The normalized spacial score (nSPS) is 21.4. The Bertz CT molecular complexity index is 1950. The molecule has 0 saturated carbocycles. The van der Waals surface area contributed by atoms with Crippen LogP contribution in [0, 0.1) is 6.92 Å². The summed E-state index contributed by atoms with van der Waals surface area (Å²) in [6.45, 7) is 2.09. The van der Waals surface area contributed by atoms with Crippen molar-refractivity contribution in [2.24, 2.45) is 0 Å². The zero-order valence-corrected chi connectivity index (χ0v) is 20.2. The van der Waals surface area contributed by atoms with Crippen LogP contribution in [-0.4, -0.2) is 30.3 Å². The molecule has 0 saturated heterocycles. The molecule has 0 bridgehead atoms. The van der Waals surface area contributed by atoms with Gasteiger partial charge in [-0.05, 0) is 0 Å². The predicted octanol–water partition coefficient (Wildman–Crippen LogP) is -0.733. The number of nitrogens with zero attached hydrogens (tertiary/aromatic N) is 4. The van der Waals surface area contributed by atoms with Gasteiger partial charge in [0.2, 0.25) is 0 Å². The monoisotopic (exact) mass is 518 g/mol. The topological polar surface area (TPSA) is 51.9 Å². The van der Waals surface area contributed by atoms with Gasteiger partial charge in [-0.25, -0.2) is 0 Å². The van der Waals surface area contributed by atoms with Crippen molar-refractivity contribution in [1.29, 1.82) is 0 Å². The fraction of sp³-hybridized carbons (Fsp3) is 0.0741. The SMILES string of the molecule is Cc1cc2n(n1)C13c4c(ccc5c4B4c6c(cccc6[Se]5=O)-c5ccc[n+]1c54)Oc1cccc-2[n+]13. The molecular weight excluding hydrogens is 502 g/mol.